The van der Waals surface area contributed by atoms with E-state index < -0.39 is 5.91 Å². The number of nitrogens with zero attached hydrogens (tertiary/aromatic N) is 1. The first-order valence-electron chi connectivity index (χ1n) is 8.10. The summed E-state index contributed by atoms with van der Waals surface area (Å²) >= 11 is 6.74. The fraction of sp³-hybridized carbons (Fsp3) is 0.211. The van der Waals surface area contributed by atoms with E-state index in [1.54, 1.807) is 25.1 Å². The van der Waals surface area contributed by atoms with E-state index in [0.717, 1.165) is 14.5 Å². The van der Waals surface area contributed by atoms with Crippen molar-refractivity contribution < 1.29 is 14.3 Å². The summed E-state index contributed by atoms with van der Waals surface area (Å²) in [6.07, 6.45) is 0.0725. The summed E-state index contributed by atoms with van der Waals surface area (Å²) in [6.45, 7) is 3.44. The molecule has 0 aliphatic heterocycles. The summed E-state index contributed by atoms with van der Waals surface area (Å²) in [6, 6.07) is 12.7. The Balaban J connectivity index is 1.76. The Morgan fingerprint density at radius 2 is 1.78 bits per heavy atom. The Hall–Kier alpha value is -2.19. The summed E-state index contributed by atoms with van der Waals surface area (Å²) in [5.74, 6) is -0.0157. The van der Waals surface area contributed by atoms with Gasteiger partial charge in [0, 0.05) is 20.3 Å². The van der Waals surface area contributed by atoms with Crippen molar-refractivity contribution in [1.82, 2.24) is 5.43 Å². The van der Waals surface area contributed by atoms with E-state index in [0.29, 0.717) is 17.1 Å². The highest BCUT2D eigenvalue weighted by Gasteiger charge is 2.07. The average Bonchev–Trinajstić information content (AvgIpc) is 2.63. The average molecular weight is 497 g/mol. The lowest BCUT2D eigenvalue weighted by atomic mass is 10.2. The molecule has 0 spiro atoms. The van der Waals surface area contributed by atoms with E-state index in [1.165, 1.54) is 0 Å². The molecule has 2 amide bonds. The van der Waals surface area contributed by atoms with Gasteiger partial charge in [-0.25, -0.2) is 5.43 Å². The fourth-order valence-electron chi connectivity index (χ4n) is 2.06. The van der Waals surface area contributed by atoms with Gasteiger partial charge in [0.1, 0.15) is 5.75 Å². The first kappa shape index (κ1) is 21.1. The van der Waals surface area contributed by atoms with Gasteiger partial charge in [0.05, 0.1) is 6.42 Å². The van der Waals surface area contributed by atoms with E-state index >= 15 is 0 Å². The maximum Gasteiger partial charge on any atom is 0.277 e. The second-order valence-electron chi connectivity index (χ2n) is 5.81. The number of hydrogen-bond donors (Lipinski definition) is 2. The van der Waals surface area contributed by atoms with Gasteiger partial charge in [-0.15, -0.1) is 0 Å². The summed E-state index contributed by atoms with van der Waals surface area (Å²) < 4.78 is 7.33. The Labute approximate surface area is 174 Å². The second kappa shape index (κ2) is 10.2. The quantitative estimate of drug-likeness (QED) is 0.439. The molecule has 2 N–H and O–H groups in total. The standard InChI is InChI=1S/C19H19Br2N3O3/c1-12-9-16(7-8-17(12)21)27-11-19(26)24-23-13(2)10-18(25)22-15-5-3-14(20)4-6-15/h3-9H,10-11H2,1-2H3,(H,22,25)(H,24,26)/b23-13+. The number of ether oxygens (including phenoxy) is 1. The van der Waals surface area contributed by atoms with Crippen LogP contribution in [0.25, 0.3) is 0 Å². The minimum atomic E-state index is -0.400. The number of aryl methyl sites for hydroxylation is 1. The maximum atomic E-state index is 12.0. The Morgan fingerprint density at radius 3 is 2.44 bits per heavy atom. The van der Waals surface area contributed by atoms with Crippen molar-refractivity contribution in [3.8, 4) is 5.75 Å². The molecular formula is C19H19Br2N3O3. The van der Waals surface area contributed by atoms with Gasteiger partial charge >= 0.3 is 0 Å². The van der Waals surface area contributed by atoms with Crippen LogP contribution in [0.2, 0.25) is 0 Å². The van der Waals surface area contributed by atoms with Crippen molar-refractivity contribution >= 4 is 55.1 Å². The van der Waals surface area contributed by atoms with Crippen molar-refractivity contribution in [3.63, 3.8) is 0 Å². The largest absolute Gasteiger partial charge is 0.484 e. The molecule has 0 radical (unpaired) electrons. The molecule has 6 nitrogen and oxygen atoms in total. The normalized spacial score (nSPS) is 11.0. The third kappa shape index (κ3) is 7.52. The van der Waals surface area contributed by atoms with Gasteiger partial charge in [0.25, 0.3) is 5.91 Å². The number of halogens is 2. The van der Waals surface area contributed by atoms with Crippen LogP contribution in [-0.2, 0) is 9.59 Å². The predicted molar refractivity (Wildman–Crippen MR) is 113 cm³/mol. The lowest BCUT2D eigenvalue weighted by Gasteiger charge is -2.08. The molecule has 27 heavy (non-hydrogen) atoms. The molecule has 0 aliphatic carbocycles. The zero-order valence-corrected chi connectivity index (χ0v) is 18.1. The first-order chi connectivity index (χ1) is 12.8. The van der Waals surface area contributed by atoms with Gasteiger partial charge in [0.2, 0.25) is 5.91 Å². The molecule has 2 aromatic carbocycles. The number of anilines is 1. The monoisotopic (exact) mass is 495 g/mol. The Morgan fingerprint density at radius 1 is 1.07 bits per heavy atom. The predicted octanol–water partition coefficient (Wildman–Crippen LogP) is 4.42. The van der Waals surface area contributed by atoms with Crippen molar-refractivity contribution in [2.45, 2.75) is 20.3 Å². The van der Waals surface area contributed by atoms with E-state index in [9.17, 15) is 9.59 Å². The summed E-state index contributed by atoms with van der Waals surface area (Å²) in [5, 5.41) is 6.69. The number of rotatable bonds is 7. The van der Waals surface area contributed by atoms with E-state index in [1.807, 2.05) is 31.2 Å². The van der Waals surface area contributed by atoms with Gasteiger partial charge in [-0.1, -0.05) is 31.9 Å². The molecule has 0 atom stereocenters. The number of carbonyl (C=O) groups excluding carboxylic acids is 2. The highest BCUT2D eigenvalue weighted by Crippen LogP contribution is 2.21. The molecule has 0 saturated carbocycles. The zero-order valence-electron chi connectivity index (χ0n) is 14.9. The molecule has 0 unspecified atom stereocenters. The van der Waals surface area contributed by atoms with Crippen molar-refractivity contribution in [1.29, 1.82) is 0 Å². The SMILES string of the molecule is C/C(CC(=O)Nc1ccc(Br)cc1)=N\NC(=O)COc1ccc(Br)c(C)c1. The van der Waals surface area contributed by atoms with Crippen LogP contribution in [0.4, 0.5) is 5.69 Å². The molecule has 0 aliphatic rings. The molecule has 142 valence electrons. The van der Waals surface area contributed by atoms with Gasteiger partial charge in [-0.3, -0.25) is 9.59 Å². The van der Waals surface area contributed by atoms with Crippen molar-refractivity contribution in [2.75, 3.05) is 11.9 Å². The molecule has 8 heteroatoms. The summed E-state index contributed by atoms with van der Waals surface area (Å²) in [5.41, 5.74) is 4.57. The maximum absolute atomic E-state index is 12.0. The smallest absolute Gasteiger partial charge is 0.277 e. The zero-order chi connectivity index (χ0) is 19.8. The van der Waals surface area contributed by atoms with Crippen LogP contribution >= 0.6 is 31.9 Å². The first-order valence-corrected chi connectivity index (χ1v) is 9.68. The molecule has 0 bridgehead atoms. The highest BCUT2D eigenvalue weighted by atomic mass is 79.9. The molecule has 0 fully saturated rings. The molecular weight excluding hydrogens is 478 g/mol. The van der Waals surface area contributed by atoms with E-state index in [4.69, 9.17) is 4.74 Å². The lowest BCUT2D eigenvalue weighted by molar-refractivity contribution is -0.123. The fourth-order valence-corrected chi connectivity index (χ4v) is 2.57. The van der Waals surface area contributed by atoms with Crippen LogP contribution in [0, 0.1) is 6.92 Å². The second-order valence-corrected chi connectivity index (χ2v) is 7.58. The molecule has 0 heterocycles. The van der Waals surface area contributed by atoms with Crippen LogP contribution in [0.15, 0.2) is 56.5 Å². The lowest BCUT2D eigenvalue weighted by Crippen LogP contribution is -2.26. The van der Waals surface area contributed by atoms with Gasteiger partial charge in [-0.2, -0.15) is 5.10 Å². The molecule has 2 rings (SSSR count). The van der Waals surface area contributed by atoms with Crippen molar-refractivity contribution in [3.05, 3.63) is 57.0 Å². The van der Waals surface area contributed by atoms with Gasteiger partial charge < -0.3 is 10.1 Å². The number of hydrogen-bond acceptors (Lipinski definition) is 4. The van der Waals surface area contributed by atoms with Crippen molar-refractivity contribution in [2.24, 2.45) is 5.10 Å². The van der Waals surface area contributed by atoms with Crippen LogP contribution < -0.4 is 15.5 Å². The third-order valence-corrected chi connectivity index (χ3v) is 4.83. The number of nitrogens with one attached hydrogen (secondary N) is 2. The van der Waals surface area contributed by atoms with Gasteiger partial charge in [0.15, 0.2) is 6.61 Å². The molecule has 0 aromatic heterocycles. The van der Waals surface area contributed by atoms with Gasteiger partial charge in [-0.05, 0) is 61.9 Å². The van der Waals surface area contributed by atoms with Crippen LogP contribution in [0.1, 0.15) is 18.9 Å². The number of amides is 2. The number of hydrazone groups is 1. The van der Waals surface area contributed by atoms with E-state index in [-0.39, 0.29) is 18.9 Å². The topological polar surface area (TPSA) is 79.8 Å². The molecule has 2 aromatic rings. The Kier molecular flexibility index (Phi) is 7.99. The number of benzene rings is 2. The van der Waals surface area contributed by atoms with Crippen LogP contribution in [0.3, 0.4) is 0 Å². The van der Waals surface area contributed by atoms with Crippen LogP contribution in [0.5, 0.6) is 5.75 Å². The van der Waals surface area contributed by atoms with E-state index in [2.05, 4.69) is 47.7 Å². The molecule has 0 saturated heterocycles. The highest BCUT2D eigenvalue weighted by molar-refractivity contribution is 9.10. The minimum Gasteiger partial charge on any atom is -0.484 e. The van der Waals surface area contributed by atoms with Crippen LogP contribution in [-0.4, -0.2) is 24.1 Å². The summed E-state index contributed by atoms with van der Waals surface area (Å²) in [4.78, 5) is 23.8. The number of carbonyl (C=O) groups is 2. The summed E-state index contributed by atoms with van der Waals surface area (Å²) in [7, 11) is 0. The Bertz CT molecular complexity index is 852. The minimum absolute atomic E-state index is 0.0725. The third-order valence-electron chi connectivity index (χ3n) is 3.42.